The van der Waals surface area contributed by atoms with Crippen molar-refractivity contribution in [1.29, 1.82) is 0 Å². The molecule has 0 heterocycles. The highest BCUT2D eigenvalue weighted by molar-refractivity contribution is 6.04. The van der Waals surface area contributed by atoms with Crippen molar-refractivity contribution in [2.45, 2.75) is 20.8 Å². The topological polar surface area (TPSA) is 58.2 Å². The average Bonchev–Trinajstić information content (AvgIpc) is 1.99. The van der Waals surface area contributed by atoms with E-state index in [1.54, 1.807) is 20.9 Å². The predicted octanol–water partition coefficient (Wildman–Crippen LogP) is -0.105. The summed E-state index contributed by atoms with van der Waals surface area (Å²) in [7, 11) is 1.72. The van der Waals surface area contributed by atoms with Crippen LogP contribution in [0.1, 0.15) is 20.8 Å². The number of Topliss-reactive ketones (excluding diaryl/α,β-unsaturated/α-hetero) is 1. The Labute approximate surface area is 72.7 Å². The lowest BCUT2D eigenvalue weighted by atomic mass is 9.88. The van der Waals surface area contributed by atoms with Gasteiger partial charge in [-0.15, -0.1) is 0 Å². The van der Waals surface area contributed by atoms with Gasteiger partial charge in [-0.05, 0) is 27.8 Å². The van der Waals surface area contributed by atoms with Crippen molar-refractivity contribution in [2.24, 2.45) is 5.41 Å². The summed E-state index contributed by atoms with van der Waals surface area (Å²) in [4.78, 5) is 22.3. The van der Waals surface area contributed by atoms with E-state index < -0.39 is 5.41 Å². The Morgan fingerprint density at radius 3 is 2.17 bits per heavy atom. The molecular weight excluding hydrogens is 156 g/mol. The van der Waals surface area contributed by atoms with Crippen molar-refractivity contribution in [1.82, 2.24) is 10.6 Å². The predicted molar refractivity (Wildman–Crippen MR) is 46.5 cm³/mol. The first kappa shape index (κ1) is 11.1. The molecule has 0 aromatic carbocycles. The maximum atomic E-state index is 11.3. The van der Waals surface area contributed by atoms with Gasteiger partial charge in [-0.3, -0.25) is 9.59 Å². The fourth-order valence-electron chi connectivity index (χ4n) is 0.550. The molecule has 0 aliphatic heterocycles. The van der Waals surface area contributed by atoms with E-state index in [0.717, 1.165) is 0 Å². The molecule has 0 atom stereocenters. The zero-order valence-corrected chi connectivity index (χ0v) is 8.02. The number of ketones is 1. The fourth-order valence-corrected chi connectivity index (χ4v) is 0.550. The van der Waals surface area contributed by atoms with E-state index in [1.165, 1.54) is 6.92 Å². The lowest BCUT2D eigenvalue weighted by Crippen LogP contribution is -2.44. The molecule has 0 unspecified atom stereocenters. The third kappa shape index (κ3) is 2.62. The van der Waals surface area contributed by atoms with Gasteiger partial charge in [0.15, 0.2) is 0 Å². The van der Waals surface area contributed by atoms with Gasteiger partial charge in [-0.2, -0.15) is 0 Å². The normalized spacial score (nSPS) is 11.0. The van der Waals surface area contributed by atoms with Crippen LogP contribution in [0.3, 0.4) is 0 Å². The zero-order valence-electron chi connectivity index (χ0n) is 8.02. The molecule has 0 aliphatic rings. The van der Waals surface area contributed by atoms with Crippen LogP contribution in [0.5, 0.6) is 0 Å². The van der Waals surface area contributed by atoms with Gasteiger partial charge in [-0.1, -0.05) is 0 Å². The van der Waals surface area contributed by atoms with E-state index in [1.807, 2.05) is 0 Å². The molecule has 0 rings (SSSR count). The first-order valence-electron chi connectivity index (χ1n) is 3.87. The van der Waals surface area contributed by atoms with Crippen LogP contribution in [0.25, 0.3) is 0 Å². The SMILES string of the molecule is CNCNC(=O)C(C)(C)C(C)=O. The van der Waals surface area contributed by atoms with Crippen molar-refractivity contribution in [3.8, 4) is 0 Å². The van der Waals surface area contributed by atoms with Crippen LogP contribution in [-0.4, -0.2) is 25.4 Å². The summed E-state index contributed by atoms with van der Waals surface area (Å²) in [6, 6.07) is 0. The highest BCUT2D eigenvalue weighted by atomic mass is 16.2. The molecule has 70 valence electrons. The van der Waals surface area contributed by atoms with Crippen LogP contribution in [-0.2, 0) is 9.59 Å². The number of hydrogen-bond donors (Lipinski definition) is 2. The smallest absolute Gasteiger partial charge is 0.234 e. The van der Waals surface area contributed by atoms with Crippen LogP contribution >= 0.6 is 0 Å². The molecule has 2 N–H and O–H groups in total. The van der Waals surface area contributed by atoms with E-state index in [-0.39, 0.29) is 11.7 Å². The average molecular weight is 172 g/mol. The Kier molecular flexibility index (Phi) is 3.89. The van der Waals surface area contributed by atoms with Crippen molar-refractivity contribution in [3.05, 3.63) is 0 Å². The van der Waals surface area contributed by atoms with E-state index in [9.17, 15) is 9.59 Å². The van der Waals surface area contributed by atoms with Crippen LogP contribution in [0.2, 0.25) is 0 Å². The second-order valence-corrected chi connectivity index (χ2v) is 3.22. The van der Waals surface area contributed by atoms with E-state index in [0.29, 0.717) is 6.67 Å². The summed E-state index contributed by atoms with van der Waals surface area (Å²) >= 11 is 0. The van der Waals surface area contributed by atoms with Gasteiger partial charge in [0.05, 0.1) is 6.67 Å². The minimum absolute atomic E-state index is 0.129. The summed E-state index contributed by atoms with van der Waals surface area (Å²) in [5, 5.41) is 5.35. The van der Waals surface area contributed by atoms with Crippen molar-refractivity contribution >= 4 is 11.7 Å². The molecule has 0 saturated heterocycles. The summed E-state index contributed by atoms with van der Waals surface area (Å²) in [5.41, 5.74) is -0.920. The summed E-state index contributed by atoms with van der Waals surface area (Å²) in [6.45, 7) is 5.02. The van der Waals surface area contributed by atoms with Crippen LogP contribution < -0.4 is 10.6 Å². The van der Waals surface area contributed by atoms with Crippen LogP contribution in [0, 0.1) is 5.41 Å². The first-order chi connectivity index (χ1) is 5.42. The highest BCUT2D eigenvalue weighted by Crippen LogP contribution is 2.15. The highest BCUT2D eigenvalue weighted by Gasteiger charge is 2.32. The first-order valence-corrected chi connectivity index (χ1v) is 3.87. The lowest BCUT2D eigenvalue weighted by Gasteiger charge is -2.19. The van der Waals surface area contributed by atoms with Crippen molar-refractivity contribution in [2.75, 3.05) is 13.7 Å². The lowest BCUT2D eigenvalue weighted by molar-refractivity contribution is -0.138. The molecular formula is C8H16N2O2. The maximum Gasteiger partial charge on any atom is 0.234 e. The standard InChI is InChI=1S/C8H16N2O2/c1-6(11)8(2,3)7(12)10-5-9-4/h9H,5H2,1-4H3,(H,10,12). The molecule has 4 heteroatoms. The zero-order chi connectivity index (χ0) is 9.78. The second kappa shape index (κ2) is 4.21. The Bertz CT molecular complexity index is 187. The summed E-state index contributed by atoms with van der Waals surface area (Å²) in [5.74, 6) is -0.375. The molecule has 0 spiro atoms. The van der Waals surface area contributed by atoms with E-state index in [2.05, 4.69) is 10.6 Å². The van der Waals surface area contributed by atoms with Gasteiger partial charge in [0.1, 0.15) is 11.2 Å². The molecule has 12 heavy (non-hydrogen) atoms. The molecule has 4 nitrogen and oxygen atoms in total. The Morgan fingerprint density at radius 1 is 1.33 bits per heavy atom. The molecule has 0 saturated carbocycles. The molecule has 0 aliphatic carbocycles. The van der Waals surface area contributed by atoms with Crippen molar-refractivity contribution in [3.63, 3.8) is 0 Å². The molecule has 0 aromatic rings. The van der Waals surface area contributed by atoms with Gasteiger partial charge in [0.25, 0.3) is 0 Å². The number of carbonyl (C=O) groups is 2. The minimum Gasteiger partial charge on any atom is -0.343 e. The molecule has 1 amide bonds. The van der Waals surface area contributed by atoms with Gasteiger partial charge >= 0.3 is 0 Å². The fraction of sp³-hybridized carbons (Fsp3) is 0.750. The summed E-state index contributed by atoms with van der Waals surface area (Å²) in [6.07, 6.45) is 0. The number of amides is 1. The van der Waals surface area contributed by atoms with Gasteiger partial charge in [-0.25, -0.2) is 0 Å². The van der Waals surface area contributed by atoms with Gasteiger partial charge in [0.2, 0.25) is 5.91 Å². The van der Waals surface area contributed by atoms with E-state index in [4.69, 9.17) is 0 Å². The summed E-state index contributed by atoms with van der Waals surface area (Å²) < 4.78 is 0. The number of carbonyl (C=O) groups excluding carboxylic acids is 2. The third-order valence-electron chi connectivity index (χ3n) is 1.87. The van der Waals surface area contributed by atoms with Crippen molar-refractivity contribution < 1.29 is 9.59 Å². The Hall–Kier alpha value is -0.900. The molecule has 0 aromatic heterocycles. The number of nitrogens with one attached hydrogen (secondary N) is 2. The Balaban J connectivity index is 4.16. The van der Waals surface area contributed by atoms with E-state index >= 15 is 0 Å². The second-order valence-electron chi connectivity index (χ2n) is 3.22. The monoisotopic (exact) mass is 172 g/mol. The largest absolute Gasteiger partial charge is 0.343 e. The minimum atomic E-state index is -0.920. The van der Waals surface area contributed by atoms with Crippen LogP contribution in [0.4, 0.5) is 0 Å². The maximum absolute atomic E-state index is 11.3. The van der Waals surface area contributed by atoms with Gasteiger partial charge in [0, 0.05) is 0 Å². The third-order valence-corrected chi connectivity index (χ3v) is 1.87. The molecule has 0 radical (unpaired) electrons. The molecule has 0 bridgehead atoms. The van der Waals surface area contributed by atoms with Gasteiger partial charge < -0.3 is 10.6 Å². The molecule has 0 fully saturated rings. The number of rotatable bonds is 4. The Morgan fingerprint density at radius 2 is 1.83 bits per heavy atom. The quantitative estimate of drug-likeness (QED) is 0.459. The van der Waals surface area contributed by atoms with Crippen LogP contribution in [0.15, 0.2) is 0 Å². The number of hydrogen-bond acceptors (Lipinski definition) is 3.